The molecule has 0 aliphatic carbocycles. The van der Waals surface area contributed by atoms with Gasteiger partial charge in [0.25, 0.3) is 0 Å². The minimum Gasteiger partial charge on any atom is -0.397 e. The maximum absolute atomic E-state index is 13.2. The number of carbonyl (C=O) groups is 1. The van der Waals surface area contributed by atoms with Gasteiger partial charge in [-0.15, -0.1) is 0 Å². The second-order valence-electron chi connectivity index (χ2n) is 4.92. The van der Waals surface area contributed by atoms with E-state index in [1.165, 1.54) is 18.2 Å². The number of carbonyl (C=O) groups excluding carboxylic acids is 1. The third kappa shape index (κ3) is 3.72. The quantitative estimate of drug-likeness (QED) is 0.850. The van der Waals surface area contributed by atoms with Crippen molar-refractivity contribution in [3.8, 4) is 0 Å². The Kier molecular flexibility index (Phi) is 4.42. The SMILES string of the molecule is Cc1ccccc1N(C)CC(=O)Nc1cc(F)ccc1N. The van der Waals surface area contributed by atoms with Crippen molar-refractivity contribution >= 4 is 23.0 Å². The molecule has 4 nitrogen and oxygen atoms in total. The number of halogens is 1. The molecule has 0 saturated carbocycles. The Balaban J connectivity index is 2.05. The van der Waals surface area contributed by atoms with Crippen molar-refractivity contribution in [3.05, 3.63) is 53.8 Å². The molecule has 3 N–H and O–H groups in total. The Labute approximate surface area is 123 Å². The molecule has 0 aliphatic heterocycles. The van der Waals surface area contributed by atoms with Gasteiger partial charge in [-0.25, -0.2) is 4.39 Å². The zero-order chi connectivity index (χ0) is 15.4. The van der Waals surface area contributed by atoms with E-state index in [0.29, 0.717) is 5.69 Å². The largest absolute Gasteiger partial charge is 0.397 e. The van der Waals surface area contributed by atoms with Crippen LogP contribution < -0.4 is 16.0 Å². The molecule has 0 aromatic heterocycles. The van der Waals surface area contributed by atoms with E-state index < -0.39 is 5.82 Å². The van der Waals surface area contributed by atoms with Gasteiger partial charge in [0, 0.05) is 12.7 Å². The fourth-order valence-corrected chi connectivity index (χ4v) is 2.12. The Hall–Kier alpha value is -2.56. The molecule has 0 heterocycles. The third-order valence-electron chi connectivity index (χ3n) is 3.20. The van der Waals surface area contributed by atoms with Gasteiger partial charge in [0.2, 0.25) is 5.91 Å². The first-order valence-electron chi connectivity index (χ1n) is 6.59. The molecular weight excluding hydrogens is 269 g/mol. The number of aryl methyl sites for hydroxylation is 1. The van der Waals surface area contributed by atoms with Gasteiger partial charge in [-0.2, -0.15) is 0 Å². The van der Waals surface area contributed by atoms with E-state index in [-0.39, 0.29) is 18.1 Å². The maximum atomic E-state index is 13.2. The zero-order valence-corrected chi connectivity index (χ0v) is 12.1. The van der Waals surface area contributed by atoms with E-state index in [1.54, 1.807) is 0 Å². The lowest BCUT2D eigenvalue weighted by molar-refractivity contribution is -0.114. The van der Waals surface area contributed by atoms with E-state index in [2.05, 4.69) is 5.32 Å². The molecule has 0 bridgehead atoms. The van der Waals surface area contributed by atoms with E-state index in [1.807, 2.05) is 43.1 Å². The van der Waals surface area contributed by atoms with Crippen molar-refractivity contribution in [1.29, 1.82) is 0 Å². The normalized spacial score (nSPS) is 10.2. The first-order chi connectivity index (χ1) is 9.97. The Morgan fingerprint density at radius 1 is 1.29 bits per heavy atom. The fraction of sp³-hybridized carbons (Fsp3) is 0.188. The lowest BCUT2D eigenvalue weighted by atomic mass is 10.2. The Morgan fingerprint density at radius 3 is 2.71 bits per heavy atom. The van der Waals surface area contributed by atoms with Gasteiger partial charge in [-0.1, -0.05) is 18.2 Å². The third-order valence-corrected chi connectivity index (χ3v) is 3.20. The van der Waals surface area contributed by atoms with Crippen molar-refractivity contribution in [3.63, 3.8) is 0 Å². The molecular formula is C16H18FN3O. The van der Waals surface area contributed by atoms with Crippen molar-refractivity contribution < 1.29 is 9.18 Å². The number of nitrogens with zero attached hydrogens (tertiary/aromatic N) is 1. The maximum Gasteiger partial charge on any atom is 0.243 e. The van der Waals surface area contributed by atoms with Crippen LogP contribution in [0.25, 0.3) is 0 Å². The van der Waals surface area contributed by atoms with Gasteiger partial charge in [0.1, 0.15) is 5.82 Å². The van der Waals surface area contributed by atoms with Gasteiger partial charge >= 0.3 is 0 Å². The number of anilines is 3. The lowest BCUT2D eigenvalue weighted by Gasteiger charge is -2.21. The first-order valence-corrected chi connectivity index (χ1v) is 6.59. The minimum atomic E-state index is -0.438. The highest BCUT2D eigenvalue weighted by molar-refractivity contribution is 5.96. The number of nitrogens with two attached hydrogens (primary N) is 1. The lowest BCUT2D eigenvalue weighted by Crippen LogP contribution is -2.30. The van der Waals surface area contributed by atoms with E-state index in [9.17, 15) is 9.18 Å². The highest BCUT2D eigenvalue weighted by Crippen LogP contribution is 2.20. The summed E-state index contributed by atoms with van der Waals surface area (Å²) in [7, 11) is 1.83. The van der Waals surface area contributed by atoms with E-state index in [0.717, 1.165) is 11.3 Å². The second-order valence-corrected chi connectivity index (χ2v) is 4.92. The number of amides is 1. The second kappa shape index (κ2) is 6.26. The summed E-state index contributed by atoms with van der Waals surface area (Å²) >= 11 is 0. The van der Waals surface area contributed by atoms with Gasteiger partial charge in [-0.05, 0) is 36.8 Å². The minimum absolute atomic E-state index is 0.154. The summed E-state index contributed by atoms with van der Waals surface area (Å²) in [5, 5.41) is 2.63. The zero-order valence-electron chi connectivity index (χ0n) is 12.1. The highest BCUT2D eigenvalue weighted by atomic mass is 19.1. The summed E-state index contributed by atoms with van der Waals surface area (Å²) in [5.41, 5.74) is 8.39. The molecule has 21 heavy (non-hydrogen) atoms. The van der Waals surface area contributed by atoms with Crippen LogP contribution in [0.2, 0.25) is 0 Å². The number of hydrogen-bond acceptors (Lipinski definition) is 3. The molecule has 0 radical (unpaired) electrons. The molecule has 0 fully saturated rings. The summed E-state index contributed by atoms with van der Waals surface area (Å²) in [5.74, 6) is -0.690. The van der Waals surface area contributed by atoms with Crippen molar-refractivity contribution in [1.82, 2.24) is 0 Å². The van der Waals surface area contributed by atoms with Crippen LogP contribution in [0.5, 0.6) is 0 Å². The monoisotopic (exact) mass is 287 g/mol. The summed E-state index contributed by atoms with van der Waals surface area (Å²) in [4.78, 5) is 13.9. The molecule has 0 atom stereocenters. The van der Waals surface area contributed by atoms with Crippen LogP contribution in [0.4, 0.5) is 21.5 Å². The van der Waals surface area contributed by atoms with Crippen LogP contribution >= 0.6 is 0 Å². The summed E-state index contributed by atoms with van der Waals surface area (Å²) < 4.78 is 13.2. The summed E-state index contributed by atoms with van der Waals surface area (Å²) in [6.45, 7) is 2.13. The Bertz CT molecular complexity index is 658. The topological polar surface area (TPSA) is 58.4 Å². The van der Waals surface area contributed by atoms with Crippen LogP contribution in [-0.4, -0.2) is 19.5 Å². The molecule has 110 valence electrons. The van der Waals surface area contributed by atoms with Crippen molar-refractivity contribution in [2.75, 3.05) is 29.5 Å². The van der Waals surface area contributed by atoms with Gasteiger partial charge < -0.3 is 16.0 Å². The predicted octanol–water partition coefficient (Wildman–Crippen LogP) is 2.79. The van der Waals surface area contributed by atoms with Crippen LogP contribution in [0.1, 0.15) is 5.56 Å². The van der Waals surface area contributed by atoms with Gasteiger partial charge in [0.05, 0.1) is 17.9 Å². The van der Waals surface area contributed by atoms with Gasteiger partial charge in [0.15, 0.2) is 0 Å². The number of benzene rings is 2. The Morgan fingerprint density at radius 2 is 2.00 bits per heavy atom. The predicted molar refractivity (Wildman–Crippen MR) is 83.9 cm³/mol. The molecule has 2 aromatic carbocycles. The summed E-state index contributed by atoms with van der Waals surface area (Å²) in [6.07, 6.45) is 0. The van der Waals surface area contributed by atoms with Crippen molar-refractivity contribution in [2.45, 2.75) is 6.92 Å². The number of nitrogen functional groups attached to an aromatic ring is 1. The van der Waals surface area contributed by atoms with Crippen molar-refractivity contribution in [2.24, 2.45) is 0 Å². The average molecular weight is 287 g/mol. The molecule has 2 rings (SSSR count). The smallest absolute Gasteiger partial charge is 0.243 e. The van der Waals surface area contributed by atoms with Gasteiger partial charge in [-0.3, -0.25) is 4.79 Å². The van der Waals surface area contributed by atoms with Crippen LogP contribution in [0, 0.1) is 12.7 Å². The standard InChI is InChI=1S/C16H18FN3O/c1-11-5-3-4-6-15(11)20(2)10-16(21)19-14-9-12(17)7-8-13(14)18/h3-9H,10,18H2,1-2H3,(H,19,21). The fourth-order valence-electron chi connectivity index (χ4n) is 2.12. The summed E-state index contributed by atoms with van der Waals surface area (Å²) in [6, 6.07) is 11.7. The molecule has 0 saturated heterocycles. The molecule has 0 spiro atoms. The first kappa shape index (κ1) is 14.8. The number of rotatable bonds is 4. The van der Waals surface area contributed by atoms with Crippen LogP contribution in [0.15, 0.2) is 42.5 Å². The molecule has 0 unspecified atom stereocenters. The number of hydrogen-bond donors (Lipinski definition) is 2. The van der Waals surface area contributed by atoms with E-state index in [4.69, 9.17) is 5.73 Å². The number of para-hydroxylation sites is 1. The molecule has 2 aromatic rings. The average Bonchev–Trinajstić information content (AvgIpc) is 2.43. The molecule has 1 amide bonds. The number of nitrogens with one attached hydrogen (secondary N) is 1. The van der Waals surface area contributed by atoms with Crippen LogP contribution in [-0.2, 0) is 4.79 Å². The molecule has 5 heteroatoms. The van der Waals surface area contributed by atoms with E-state index >= 15 is 0 Å². The molecule has 0 aliphatic rings. The number of likely N-dealkylation sites (N-methyl/N-ethyl adjacent to an activating group) is 1. The van der Waals surface area contributed by atoms with Crippen LogP contribution in [0.3, 0.4) is 0 Å². The highest BCUT2D eigenvalue weighted by Gasteiger charge is 2.11.